The predicted molar refractivity (Wildman–Crippen MR) is 120 cm³/mol. The smallest absolute Gasteiger partial charge is 0.154 e. The Balaban J connectivity index is 2.67. The van der Waals surface area contributed by atoms with Gasteiger partial charge in [0.15, 0.2) is 17.8 Å². The lowest BCUT2D eigenvalue weighted by Gasteiger charge is -2.22. The van der Waals surface area contributed by atoms with E-state index in [0.29, 0.717) is 28.4 Å². The average molecular weight is 397 g/mol. The maximum absolute atomic E-state index is 11.6. The zero-order valence-corrected chi connectivity index (χ0v) is 18.7. The summed E-state index contributed by atoms with van der Waals surface area (Å²) < 4.78 is 11.0. The molecule has 0 bridgehead atoms. The summed E-state index contributed by atoms with van der Waals surface area (Å²) in [6.45, 7) is 12.7. The summed E-state index contributed by atoms with van der Waals surface area (Å²) in [6.07, 6.45) is 2.51. The minimum absolute atomic E-state index is 0.0719. The molecule has 0 unspecified atom stereocenters. The second-order valence-corrected chi connectivity index (χ2v) is 9.18. The Labute approximate surface area is 173 Å². The molecule has 0 atom stereocenters. The molecule has 5 heteroatoms. The second-order valence-electron chi connectivity index (χ2n) is 9.18. The fourth-order valence-corrected chi connectivity index (χ4v) is 3.05. The first-order chi connectivity index (χ1) is 13.4. The fraction of sp³-hybridized carbons (Fsp3) is 0.417. The highest BCUT2D eigenvalue weighted by atomic mass is 16.5. The third-order valence-corrected chi connectivity index (χ3v) is 4.85. The van der Waals surface area contributed by atoms with E-state index in [2.05, 4.69) is 46.5 Å². The van der Waals surface area contributed by atoms with Gasteiger partial charge in [-0.25, -0.2) is 0 Å². The Morgan fingerprint density at radius 3 is 1.83 bits per heavy atom. The van der Waals surface area contributed by atoms with Crippen molar-refractivity contribution >= 4 is 23.9 Å². The monoisotopic (exact) mass is 396 g/mol. The number of hydrogen-bond acceptors (Lipinski definition) is 5. The number of anilines is 1. The first-order valence-electron chi connectivity index (χ1n) is 9.62. The number of nitrogens with zero attached hydrogens (tertiary/aromatic N) is 1. The molecule has 0 fully saturated rings. The number of aliphatic imine (C=N–C) groups is 1. The van der Waals surface area contributed by atoms with Crippen molar-refractivity contribution in [2.45, 2.75) is 52.4 Å². The normalized spacial score (nSPS) is 12.3. The third kappa shape index (κ3) is 4.97. The molecule has 2 aromatic rings. The van der Waals surface area contributed by atoms with Crippen LogP contribution in [0.15, 0.2) is 29.3 Å². The summed E-state index contributed by atoms with van der Waals surface area (Å²) in [4.78, 5) is 16.3. The van der Waals surface area contributed by atoms with Gasteiger partial charge in [-0.3, -0.25) is 9.79 Å². The second kappa shape index (κ2) is 8.27. The number of ether oxygens (including phenoxy) is 2. The number of methoxy groups -OCH3 is 2. The number of hydrogen-bond donors (Lipinski definition) is 1. The lowest BCUT2D eigenvalue weighted by Crippen LogP contribution is -2.13. The third-order valence-electron chi connectivity index (χ3n) is 4.85. The largest absolute Gasteiger partial charge is 0.494 e. The highest BCUT2D eigenvalue weighted by molar-refractivity contribution is 5.91. The summed E-state index contributed by atoms with van der Waals surface area (Å²) in [6, 6.07) is 7.76. The van der Waals surface area contributed by atoms with Gasteiger partial charge in [0.2, 0.25) is 0 Å². The van der Waals surface area contributed by atoms with Gasteiger partial charge >= 0.3 is 0 Å². The molecule has 0 aromatic heterocycles. The maximum atomic E-state index is 11.6. The molecule has 0 aliphatic heterocycles. The Morgan fingerprint density at radius 2 is 1.34 bits per heavy atom. The first kappa shape index (κ1) is 22.5. The van der Waals surface area contributed by atoms with Gasteiger partial charge < -0.3 is 15.2 Å². The van der Waals surface area contributed by atoms with E-state index in [-0.39, 0.29) is 10.8 Å². The van der Waals surface area contributed by atoms with Crippen LogP contribution in [0.25, 0.3) is 0 Å². The van der Waals surface area contributed by atoms with Gasteiger partial charge in [0.25, 0.3) is 0 Å². The van der Waals surface area contributed by atoms with E-state index in [1.54, 1.807) is 13.3 Å². The predicted octanol–water partition coefficient (Wildman–Crippen LogP) is 5.44. The zero-order chi connectivity index (χ0) is 22.0. The van der Waals surface area contributed by atoms with E-state index in [1.807, 2.05) is 24.3 Å². The number of carbonyl (C=O) groups excluding carboxylic acids is 1. The summed E-state index contributed by atoms with van der Waals surface area (Å²) >= 11 is 0. The van der Waals surface area contributed by atoms with Crippen molar-refractivity contribution in [3.63, 3.8) is 0 Å². The summed E-state index contributed by atoms with van der Waals surface area (Å²) in [5, 5.41) is 0. The van der Waals surface area contributed by atoms with E-state index >= 15 is 0 Å². The Kier molecular flexibility index (Phi) is 6.41. The lowest BCUT2D eigenvalue weighted by atomic mass is 9.85. The Hall–Kier alpha value is -2.82. The van der Waals surface area contributed by atoms with Crippen LogP contribution >= 0.6 is 0 Å². The molecule has 5 nitrogen and oxygen atoms in total. The van der Waals surface area contributed by atoms with Crippen molar-refractivity contribution in [2.24, 2.45) is 4.99 Å². The molecular formula is C24H32N2O3. The standard InChI is InChI=1S/C24H32N2O3/c1-23(2,3)17-9-15(21(28-7)19(25)11-17)13-26-20-12-18(24(4,5)6)10-16(14-27)22(20)29-8/h9-14H,25H2,1-8H3. The molecule has 156 valence electrons. The number of aldehydes is 1. The van der Waals surface area contributed by atoms with E-state index in [0.717, 1.165) is 23.0 Å². The van der Waals surface area contributed by atoms with E-state index < -0.39 is 0 Å². The fourth-order valence-electron chi connectivity index (χ4n) is 3.05. The number of nitrogen functional groups attached to an aromatic ring is 1. The molecule has 0 aliphatic carbocycles. The molecular weight excluding hydrogens is 364 g/mol. The molecule has 2 rings (SSSR count). The molecule has 0 saturated carbocycles. The minimum atomic E-state index is -0.136. The molecule has 0 amide bonds. The topological polar surface area (TPSA) is 73.9 Å². The van der Waals surface area contributed by atoms with Gasteiger partial charge in [0.1, 0.15) is 5.69 Å². The molecule has 29 heavy (non-hydrogen) atoms. The molecule has 0 saturated heterocycles. The van der Waals surface area contributed by atoms with Crippen LogP contribution in [0, 0.1) is 0 Å². The zero-order valence-electron chi connectivity index (χ0n) is 18.7. The first-order valence-corrected chi connectivity index (χ1v) is 9.62. The number of nitrogens with two attached hydrogens (primary N) is 1. The average Bonchev–Trinajstić information content (AvgIpc) is 2.63. The summed E-state index contributed by atoms with van der Waals surface area (Å²) in [5.41, 5.74) is 10.5. The van der Waals surface area contributed by atoms with E-state index in [4.69, 9.17) is 15.2 Å². The summed E-state index contributed by atoms with van der Waals surface area (Å²) in [7, 11) is 3.13. The van der Waals surface area contributed by atoms with Gasteiger partial charge in [-0.15, -0.1) is 0 Å². The molecule has 0 spiro atoms. The summed E-state index contributed by atoms with van der Waals surface area (Å²) in [5.74, 6) is 1.02. The SMILES string of the molecule is COc1c(N)cc(C(C)(C)C)cc1C=Nc1cc(C(C)(C)C)cc(C=O)c1OC. The van der Waals surface area contributed by atoms with Crippen molar-refractivity contribution in [3.8, 4) is 11.5 Å². The number of carbonyl (C=O) groups is 1. The van der Waals surface area contributed by atoms with Crippen LogP contribution in [0.1, 0.15) is 68.6 Å². The van der Waals surface area contributed by atoms with Crippen molar-refractivity contribution in [1.29, 1.82) is 0 Å². The van der Waals surface area contributed by atoms with Crippen LogP contribution in [-0.4, -0.2) is 26.7 Å². The van der Waals surface area contributed by atoms with Crippen molar-refractivity contribution in [1.82, 2.24) is 0 Å². The van der Waals surface area contributed by atoms with E-state index in [1.165, 1.54) is 7.11 Å². The van der Waals surface area contributed by atoms with Gasteiger partial charge in [-0.2, -0.15) is 0 Å². The molecule has 0 radical (unpaired) electrons. The lowest BCUT2D eigenvalue weighted by molar-refractivity contribution is 0.112. The quantitative estimate of drug-likeness (QED) is 0.415. The number of rotatable bonds is 5. The Bertz CT molecular complexity index is 933. The van der Waals surface area contributed by atoms with Crippen molar-refractivity contribution < 1.29 is 14.3 Å². The van der Waals surface area contributed by atoms with Gasteiger partial charge in [-0.05, 0) is 46.2 Å². The van der Waals surface area contributed by atoms with Crippen LogP contribution in [0.2, 0.25) is 0 Å². The Morgan fingerprint density at radius 1 is 0.828 bits per heavy atom. The van der Waals surface area contributed by atoms with Crippen molar-refractivity contribution in [3.05, 3.63) is 46.5 Å². The molecule has 0 heterocycles. The van der Waals surface area contributed by atoms with Crippen LogP contribution in [0.3, 0.4) is 0 Å². The maximum Gasteiger partial charge on any atom is 0.154 e. The van der Waals surface area contributed by atoms with Gasteiger partial charge in [-0.1, -0.05) is 41.5 Å². The molecule has 2 N–H and O–H groups in total. The van der Waals surface area contributed by atoms with Crippen LogP contribution in [0.4, 0.5) is 11.4 Å². The van der Waals surface area contributed by atoms with Crippen LogP contribution < -0.4 is 15.2 Å². The number of benzene rings is 2. The van der Waals surface area contributed by atoms with Gasteiger partial charge in [0, 0.05) is 11.8 Å². The van der Waals surface area contributed by atoms with E-state index in [9.17, 15) is 4.79 Å². The van der Waals surface area contributed by atoms with Crippen LogP contribution in [0.5, 0.6) is 11.5 Å². The highest BCUT2D eigenvalue weighted by Gasteiger charge is 2.20. The van der Waals surface area contributed by atoms with Crippen LogP contribution in [-0.2, 0) is 10.8 Å². The van der Waals surface area contributed by atoms with Gasteiger partial charge in [0.05, 0.1) is 25.5 Å². The highest BCUT2D eigenvalue weighted by Crippen LogP contribution is 2.37. The molecule has 2 aromatic carbocycles. The molecule has 0 aliphatic rings. The minimum Gasteiger partial charge on any atom is -0.494 e. The van der Waals surface area contributed by atoms with Crippen molar-refractivity contribution in [2.75, 3.05) is 20.0 Å².